The van der Waals surface area contributed by atoms with Crippen LogP contribution in [-0.2, 0) is 0 Å². The Hall–Kier alpha value is -3.57. The van der Waals surface area contributed by atoms with Gasteiger partial charge in [0.15, 0.2) is 5.65 Å². The molecule has 0 spiro atoms. The maximum atomic E-state index is 9.67. The summed E-state index contributed by atoms with van der Waals surface area (Å²) < 4.78 is 1.87. The first-order valence-corrected chi connectivity index (χ1v) is 12.3. The van der Waals surface area contributed by atoms with E-state index in [1.165, 1.54) is 5.56 Å². The van der Waals surface area contributed by atoms with Crippen molar-refractivity contribution in [1.82, 2.24) is 19.9 Å². The lowest BCUT2D eigenvalue weighted by molar-refractivity contribution is 0.471. The van der Waals surface area contributed by atoms with Gasteiger partial charge in [-0.2, -0.15) is 9.61 Å². The smallest absolute Gasteiger partial charge is 0.165 e. The van der Waals surface area contributed by atoms with Crippen LogP contribution in [0.3, 0.4) is 0 Å². The first-order chi connectivity index (χ1) is 16.0. The second-order valence-electron chi connectivity index (χ2n) is 7.84. The molecule has 4 rings (SSSR count). The van der Waals surface area contributed by atoms with Crippen molar-refractivity contribution in [2.75, 3.05) is 30.4 Å². The fourth-order valence-electron chi connectivity index (χ4n) is 3.62. The average molecular weight is 461 g/mol. The zero-order chi connectivity index (χ0) is 23.4. The number of benzene rings is 2. The molecule has 2 aromatic carbocycles. The molecular weight excluding hydrogens is 431 g/mol. The SMILES string of the molecule is C=C(NCCNc1cc(-c2ccccc2C)nc2c(PC)cnn12)Nc1ccc(O)c(C)c1. The molecule has 0 bridgehead atoms. The highest BCUT2D eigenvalue weighted by atomic mass is 31.1. The fraction of sp³-hybridized carbons (Fsp3) is 0.200. The normalized spacial score (nSPS) is 11.2. The molecule has 0 amide bonds. The van der Waals surface area contributed by atoms with Gasteiger partial charge in [0.2, 0.25) is 0 Å². The van der Waals surface area contributed by atoms with E-state index in [-0.39, 0.29) is 5.75 Å². The molecule has 8 heteroatoms. The van der Waals surface area contributed by atoms with Crippen molar-refractivity contribution < 1.29 is 5.11 Å². The number of fused-ring (bicyclic) bond motifs is 1. The topological polar surface area (TPSA) is 86.5 Å². The highest BCUT2D eigenvalue weighted by Crippen LogP contribution is 2.25. The average Bonchev–Trinajstić information content (AvgIpc) is 3.22. The second kappa shape index (κ2) is 9.92. The van der Waals surface area contributed by atoms with Crippen molar-refractivity contribution >= 4 is 31.0 Å². The number of phenols is 1. The molecular formula is C25H29N6OP. The van der Waals surface area contributed by atoms with Crippen LogP contribution >= 0.6 is 8.58 Å². The molecule has 0 saturated heterocycles. The van der Waals surface area contributed by atoms with Gasteiger partial charge in [0.1, 0.15) is 11.6 Å². The molecule has 1 unspecified atom stereocenters. The molecule has 0 fully saturated rings. The molecule has 0 aliphatic carbocycles. The summed E-state index contributed by atoms with van der Waals surface area (Å²) in [4.78, 5) is 4.92. The van der Waals surface area contributed by atoms with Gasteiger partial charge in [-0.15, -0.1) is 0 Å². The summed E-state index contributed by atoms with van der Waals surface area (Å²) in [5.41, 5.74) is 5.82. The summed E-state index contributed by atoms with van der Waals surface area (Å²) in [6.45, 7) is 11.5. The minimum absolute atomic E-state index is 0.280. The van der Waals surface area contributed by atoms with E-state index in [1.54, 1.807) is 6.07 Å². The van der Waals surface area contributed by atoms with Crippen molar-refractivity contribution in [1.29, 1.82) is 0 Å². The Morgan fingerprint density at radius 1 is 1.09 bits per heavy atom. The molecule has 0 aliphatic heterocycles. The van der Waals surface area contributed by atoms with Crippen molar-refractivity contribution in [3.8, 4) is 17.0 Å². The first-order valence-electron chi connectivity index (χ1n) is 10.8. The number of anilines is 2. The Morgan fingerprint density at radius 3 is 2.67 bits per heavy atom. The summed E-state index contributed by atoms with van der Waals surface area (Å²) >= 11 is 0. The first kappa shape index (κ1) is 22.6. The molecule has 0 radical (unpaired) electrons. The summed E-state index contributed by atoms with van der Waals surface area (Å²) in [6, 6.07) is 15.7. The summed E-state index contributed by atoms with van der Waals surface area (Å²) in [7, 11) is 0.618. The molecule has 2 aromatic heterocycles. The lowest BCUT2D eigenvalue weighted by Gasteiger charge is -2.15. The zero-order valence-electron chi connectivity index (χ0n) is 19.1. The second-order valence-corrected chi connectivity index (χ2v) is 8.88. The Balaban J connectivity index is 1.45. The van der Waals surface area contributed by atoms with Gasteiger partial charge < -0.3 is 21.1 Å². The third-order valence-corrected chi connectivity index (χ3v) is 6.32. The number of nitrogens with one attached hydrogen (secondary N) is 3. The van der Waals surface area contributed by atoms with Crippen LogP contribution in [0.1, 0.15) is 11.1 Å². The summed E-state index contributed by atoms with van der Waals surface area (Å²) in [6.07, 6.45) is 1.90. The zero-order valence-corrected chi connectivity index (χ0v) is 20.1. The van der Waals surface area contributed by atoms with E-state index < -0.39 is 0 Å². The van der Waals surface area contributed by atoms with Gasteiger partial charge in [-0.05, 0) is 49.8 Å². The summed E-state index contributed by atoms with van der Waals surface area (Å²) in [5.74, 6) is 1.87. The predicted octanol–water partition coefficient (Wildman–Crippen LogP) is 4.24. The van der Waals surface area contributed by atoms with E-state index in [0.29, 0.717) is 27.5 Å². The number of aromatic nitrogens is 3. The highest BCUT2D eigenvalue weighted by Gasteiger charge is 2.13. The molecule has 33 heavy (non-hydrogen) atoms. The van der Waals surface area contributed by atoms with Crippen LogP contribution in [0.25, 0.3) is 16.9 Å². The van der Waals surface area contributed by atoms with Crippen molar-refractivity contribution in [2.24, 2.45) is 0 Å². The maximum Gasteiger partial charge on any atom is 0.165 e. The van der Waals surface area contributed by atoms with E-state index in [4.69, 9.17) is 4.98 Å². The van der Waals surface area contributed by atoms with Gasteiger partial charge in [0.25, 0.3) is 0 Å². The molecule has 4 N–H and O–H groups in total. The van der Waals surface area contributed by atoms with E-state index in [2.05, 4.69) is 59.4 Å². The Kier molecular flexibility index (Phi) is 6.80. The molecule has 170 valence electrons. The fourth-order valence-corrected chi connectivity index (χ4v) is 4.19. The third kappa shape index (κ3) is 5.10. The molecule has 2 heterocycles. The van der Waals surface area contributed by atoms with Crippen LogP contribution in [0.2, 0.25) is 0 Å². The minimum Gasteiger partial charge on any atom is -0.508 e. The maximum absolute atomic E-state index is 9.67. The van der Waals surface area contributed by atoms with Crippen LogP contribution in [0.15, 0.2) is 67.1 Å². The molecule has 1 atom stereocenters. The van der Waals surface area contributed by atoms with Gasteiger partial charge >= 0.3 is 0 Å². The lowest BCUT2D eigenvalue weighted by atomic mass is 10.1. The van der Waals surface area contributed by atoms with Crippen LogP contribution in [0.5, 0.6) is 5.75 Å². The lowest BCUT2D eigenvalue weighted by Crippen LogP contribution is -2.25. The molecule has 7 nitrogen and oxygen atoms in total. The van der Waals surface area contributed by atoms with E-state index in [0.717, 1.165) is 39.3 Å². The number of phenolic OH excluding ortho intramolecular Hbond substituents is 1. The molecule has 4 aromatic rings. The number of aryl methyl sites for hydroxylation is 2. The van der Waals surface area contributed by atoms with Crippen molar-refractivity contribution in [3.05, 3.63) is 78.3 Å². The largest absolute Gasteiger partial charge is 0.508 e. The number of aromatic hydroxyl groups is 1. The van der Waals surface area contributed by atoms with Gasteiger partial charge in [-0.25, -0.2) is 4.98 Å². The van der Waals surface area contributed by atoms with Crippen LogP contribution in [0, 0.1) is 13.8 Å². The summed E-state index contributed by atoms with van der Waals surface area (Å²) in [5, 5.41) is 25.4. The molecule has 0 saturated carbocycles. The number of hydrogen-bond donors (Lipinski definition) is 4. The van der Waals surface area contributed by atoms with E-state index in [1.807, 2.05) is 41.9 Å². The van der Waals surface area contributed by atoms with Gasteiger partial charge in [0, 0.05) is 35.7 Å². The van der Waals surface area contributed by atoms with Gasteiger partial charge in [-0.1, -0.05) is 39.4 Å². The van der Waals surface area contributed by atoms with Crippen molar-refractivity contribution in [2.45, 2.75) is 13.8 Å². The van der Waals surface area contributed by atoms with E-state index >= 15 is 0 Å². The highest BCUT2D eigenvalue weighted by molar-refractivity contribution is 7.46. The minimum atomic E-state index is 0.280. The predicted molar refractivity (Wildman–Crippen MR) is 139 cm³/mol. The standard InChI is InChI=1S/C25H29N6OP/c1-16-7-5-6-8-20(16)21-14-24(31-25(30-21)23(33-4)15-28-31)27-12-11-26-18(3)29-19-9-10-22(32)17(2)13-19/h5-10,13-15,26-27,29,32-33H,3,11-12H2,1-2,4H3. The van der Waals surface area contributed by atoms with Crippen LogP contribution in [-0.4, -0.2) is 39.5 Å². The Bertz CT molecular complexity index is 1300. The van der Waals surface area contributed by atoms with Gasteiger partial charge in [-0.3, -0.25) is 0 Å². The Morgan fingerprint density at radius 2 is 1.91 bits per heavy atom. The number of hydrogen-bond acceptors (Lipinski definition) is 6. The van der Waals surface area contributed by atoms with Crippen LogP contribution in [0.4, 0.5) is 11.5 Å². The third-order valence-electron chi connectivity index (χ3n) is 5.42. The number of rotatable bonds is 9. The Labute approximate surface area is 195 Å². The van der Waals surface area contributed by atoms with E-state index in [9.17, 15) is 5.11 Å². The monoisotopic (exact) mass is 460 g/mol. The number of nitrogens with zero attached hydrogens (tertiary/aromatic N) is 3. The quantitative estimate of drug-likeness (QED) is 0.170. The molecule has 0 aliphatic rings. The van der Waals surface area contributed by atoms with Crippen molar-refractivity contribution in [3.63, 3.8) is 0 Å². The van der Waals surface area contributed by atoms with Gasteiger partial charge in [0.05, 0.1) is 17.7 Å². The van der Waals surface area contributed by atoms with Crippen LogP contribution < -0.4 is 21.3 Å².